The first kappa shape index (κ1) is 21.2. The average molecular weight is 438 g/mol. The maximum absolute atomic E-state index is 13.4. The first-order chi connectivity index (χ1) is 14.3. The Bertz CT molecular complexity index is 911. The van der Waals surface area contributed by atoms with E-state index in [0.717, 1.165) is 6.07 Å². The molecule has 4 rings (SSSR count). The van der Waals surface area contributed by atoms with Crippen LogP contribution in [0.3, 0.4) is 0 Å². The number of nitrogens with zero attached hydrogens (tertiary/aromatic N) is 2. The van der Waals surface area contributed by atoms with Gasteiger partial charge in [-0.15, -0.1) is 0 Å². The summed E-state index contributed by atoms with van der Waals surface area (Å²) in [6.45, 7) is 2.39. The molecule has 164 valence electrons. The zero-order valence-corrected chi connectivity index (χ0v) is 17.7. The fourth-order valence-electron chi connectivity index (χ4n) is 4.26. The Morgan fingerprint density at radius 1 is 1.13 bits per heavy atom. The first-order valence-electron chi connectivity index (χ1n) is 10.6. The van der Waals surface area contributed by atoms with E-state index in [0.29, 0.717) is 51.5 Å². The number of carbonyl (C=O) groups excluding carboxylic acids is 2. The number of hydrogen-bond acceptors (Lipinski definition) is 4. The molecule has 2 amide bonds. The highest BCUT2D eigenvalue weighted by molar-refractivity contribution is 7.89. The van der Waals surface area contributed by atoms with E-state index >= 15 is 0 Å². The van der Waals surface area contributed by atoms with Crippen LogP contribution >= 0.6 is 0 Å². The van der Waals surface area contributed by atoms with Gasteiger partial charge in [-0.2, -0.15) is 4.31 Å². The van der Waals surface area contributed by atoms with Crippen LogP contribution < -0.4 is 5.32 Å². The monoisotopic (exact) mass is 437 g/mol. The number of hydrogen-bond donors (Lipinski definition) is 1. The third-order valence-electron chi connectivity index (χ3n) is 6.33. The molecule has 1 aliphatic carbocycles. The zero-order chi connectivity index (χ0) is 21.3. The van der Waals surface area contributed by atoms with Gasteiger partial charge in [-0.05, 0) is 55.7 Å². The topological polar surface area (TPSA) is 86.8 Å². The minimum Gasteiger partial charge on any atom is -0.356 e. The number of likely N-dealkylation sites (tertiary alicyclic amines) is 1. The Morgan fingerprint density at radius 2 is 1.87 bits per heavy atom. The molecule has 2 aliphatic heterocycles. The highest BCUT2D eigenvalue weighted by atomic mass is 32.2. The molecule has 1 atom stereocenters. The van der Waals surface area contributed by atoms with Crippen molar-refractivity contribution in [2.24, 2.45) is 17.8 Å². The predicted octanol–water partition coefficient (Wildman–Crippen LogP) is 1.60. The van der Waals surface area contributed by atoms with E-state index in [1.54, 1.807) is 4.90 Å². The van der Waals surface area contributed by atoms with Crippen molar-refractivity contribution in [2.45, 2.75) is 37.0 Å². The van der Waals surface area contributed by atoms with E-state index in [4.69, 9.17) is 0 Å². The molecule has 0 radical (unpaired) electrons. The summed E-state index contributed by atoms with van der Waals surface area (Å²) in [5.74, 6) is -0.0961. The summed E-state index contributed by atoms with van der Waals surface area (Å²) in [6.07, 6.45) is 3.87. The molecule has 7 nitrogen and oxygen atoms in total. The maximum atomic E-state index is 13.4. The van der Waals surface area contributed by atoms with Crippen LogP contribution in [0.5, 0.6) is 0 Å². The van der Waals surface area contributed by atoms with Crippen molar-refractivity contribution in [3.63, 3.8) is 0 Å². The van der Waals surface area contributed by atoms with E-state index in [-0.39, 0.29) is 35.0 Å². The van der Waals surface area contributed by atoms with Crippen LogP contribution in [0.15, 0.2) is 29.2 Å². The molecule has 9 heteroatoms. The van der Waals surface area contributed by atoms with Crippen LogP contribution in [-0.4, -0.2) is 62.2 Å². The quantitative estimate of drug-likeness (QED) is 0.702. The van der Waals surface area contributed by atoms with Crippen LogP contribution in [0, 0.1) is 23.6 Å². The van der Waals surface area contributed by atoms with Gasteiger partial charge in [0.25, 0.3) is 0 Å². The number of piperidine rings is 1. The van der Waals surface area contributed by atoms with Crippen LogP contribution in [0.2, 0.25) is 0 Å². The Hall–Kier alpha value is -2.00. The molecule has 2 saturated heterocycles. The molecule has 30 heavy (non-hydrogen) atoms. The van der Waals surface area contributed by atoms with Crippen molar-refractivity contribution in [1.29, 1.82) is 0 Å². The largest absolute Gasteiger partial charge is 0.356 e. The fraction of sp³-hybridized carbons (Fsp3) is 0.619. The van der Waals surface area contributed by atoms with Crippen molar-refractivity contribution in [3.8, 4) is 0 Å². The Kier molecular flexibility index (Phi) is 6.11. The number of amides is 2. The number of rotatable bonds is 7. The molecule has 1 aromatic rings. The van der Waals surface area contributed by atoms with E-state index in [2.05, 4.69) is 5.32 Å². The molecule has 1 saturated carbocycles. The van der Waals surface area contributed by atoms with Gasteiger partial charge in [-0.3, -0.25) is 9.59 Å². The first-order valence-corrected chi connectivity index (χ1v) is 12.1. The minimum atomic E-state index is -3.71. The normalized spacial score (nSPS) is 23.7. The number of carbonyl (C=O) groups is 2. The summed E-state index contributed by atoms with van der Waals surface area (Å²) in [5.41, 5.74) is 0. The van der Waals surface area contributed by atoms with Crippen LogP contribution in [0.25, 0.3) is 0 Å². The molecule has 3 aliphatic rings. The number of halogens is 1. The Morgan fingerprint density at radius 3 is 2.53 bits per heavy atom. The Balaban J connectivity index is 1.27. The summed E-state index contributed by atoms with van der Waals surface area (Å²) in [4.78, 5) is 26.4. The highest BCUT2D eigenvalue weighted by Crippen LogP contribution is 2.29. The van der Waals surface area contributed by atoms with Gasteiger partial charge in [-0.1, -0.05) is 6.07 Å². The van der Waals surface area contributed by atoms with E-state index in [9.17, 15) is 22.4 Å². The van der Waals surface area contributed by atoms with Gasteiger partial charge in [0, 0.05) is 39.1 Å². The lowest BCUT2D eigenvalue weighted by atomic mass is 9.97. The third kappa shape index (κ3) is 4.83. The number of nitrogens with one attached hydrogen (secondary N) is 1. The summed E-state index contributed by atoms with van der Waals surface area (Å²) in [7, 11) is -3.71. The van der Waals surface area contributed by atoms with Gasteiger partial charge < -0.3 is 10.2 Å². The van der Waals surface area contributed by atoms with Crippen LogP contribution in [0.1, 0.15) is 32.1 Å². The zero-order valence-electron chi connectivity index (χ0n) is 16.9. The lowest BCUT2D eigenvalue weighted by molar-refractivity contribution is -0.129. The van der Waals surface area contributed by atoms with Gasteiger partial charge in [-0.25, -0.2) is 12.8 Å². The number of benzene rings is 1. The molecular formula is C21H28FN3O4S. The van der Waals surface area contributed by atoms with Crippen molar-refractivity contribution in [1.82, 2.24) is 14.5 Å². The fourth-order valence-corrected chi connectivity index (χ4v) is 5.76. The molecule has 1 N–H and O–H groups in total. The molecule has 2 heterocycles. The van der Waals surface area contributed by atoms with Gasteiger partial charge >= 0.3 is 0 Å². The van der Waals surface area contributed by atoms with Gasteiger partial charge in [0.2, 0.25) is 21.8 Å². The summed E-state index contributed by atoms with van der Waals surface area (Å²) < 4.78 is 40.3. The van der Waals surface area contributed by atoms with Crippen molar-refractivity contribution in [3.05, 3.63) is 30.1 Å². The van der Waals surface area contributed by atoms with Crippen LogP contribution in [-0.2, 0) is 19.6 Å². The van der Waals surface area contributed by atoms with Crippen LogP contribution in [0.4, 0.5) is 4.39 Å². The second-order valence-electron chi connectivity index (χ2n) is 8.69. The highest BCUT2D eigenvalue weighted by Gasteiger charge is 2.37. The van der Waals surface area contributed by atoms with Crippen molar-refractivity contribution < 1.29 is 22.4 Å². The second kappa shape index (κ2) is 8.63. The SMILES string of the molecule is O=C(NCC1CC1)C1CC(=O)N(CC2CCN(S(=O)(=O)c3cccc(F)c3)CC2)C1. The van der Waals surface area contributed by atoms with Gasteiger partial charge in [0.05, 0.1) is 10.8 Å². The molecule has 0 spiro atoms. The summed E-state index contributed by atoms with van der Waals surface area (Å²) in [5, 5.41) is 2.96. The summed E-state index contributed by atoms with van der Waals surface area (Å²) >= 11 is 0. The van der Waals surface area contributed by atoms with E-state index in [1.807, 2.05) is 0 Å². The average Bonchev–Trinajstić information content (AvgIpc) is 3.49. The molecule has 1 unspecified atom stereocenters. The predicted molar refractivity (Wildman–Crippen MR) is 108 cm³/mol. The van der Waals surface area contributed by atoms with Crippen molar-refractivity contribution in [2.75, 3.05) is 32.7 Å². The smallest absolute Gasteiger partial charge is 0.243 e. The van der Waals surface area contributed by atoms with Gasteiger partial charge in [0.1, 0.15) is 5.82 Å². The lowest BCUT2D eigenvalue weighted by Crippen LogP contribution is -2.42. The standard InChI is InChI=1S/C21H28FN3O4S/c22-18-2-1-3-19(11-18)30(28,29)25-8-6-16(7-9-25)13-24-14-17(10-20(24)26)21(27)23-12-15-4-5-15/h1-3,11,15-17H,4-10,12-14H2,(H,23,27). The molecule has 0 bridgehead atoms. The lowest BCUT2D eigenvalue weighted by Gasteiger charge is -2.33. The van der Waals surface area contributed by atoms with Gasteiger partial charge in [0.15, 0.2) is 0 Å². The molecule has 0 aromatic heterocycles. The molecule has 3 fully saturated rings. The number of sulfonamides is 1. The maximum Gasteiger partial charge on any atom is 0.243 e. The van der Waals surface area contributed by atoms with E-state index < -0.39 is 15.8 Å². The third-order valence-corrected chi connectivity index (χ3v) is 8.23. The Labute approximate surface area is 176 Å². The van der Waals surface area contributed by atoms with Crippen molar-refractivity contribution >= 4 is 21.8 Å². The molecular weight excluding hydrogens is 409 g/mol. The molecule has 1 aromatic carbocycles. The minimum absolute atomic E-state index is 0.00335. The van der Waals surface area contributed by atoms with E-state index in [1.165, 1.54) is 35.3 Å². The summed E-state index contributed by atoms with van der Waals surface area (Å²) in [6, 6.07) is 5.06. The second-order valence-corrected chi connectivity index (χ2v) is 10.6.